The molecule has 5 rings (SSSR count). The van der Waals surface area contributed by atoms with Crippen LogP contribution >= 0.6 is 0 Å². The molecule has 3 saturated heterocycles. The van der Waals surface area contributed by atoms with Crippen molar-refractivity contribution in [1.29, 1.82) is 0 Å². The predicted octanol–water partition coefficient (Wildman–Crippen LogP) is 1.31. The maximum absolute atomic E-state index is 13.8. The third-order valence-corrected chi connectivity index (χ3v) is 8.70. The number of amides is 2. The predicted molar refractivity (Wildman–Crippen MR) is 141 cm³/mol. The van der Waals surface area contributed by atoms with E-state index >= 15 is 0 Å². The Bertz CT molecular complexity index is 993. The molecule has 0 aromatic heterocycles. The van der Waals surface area contributed by atoms with Crippen LogP contribution in [0.2, 0.25) is 0 Å². The summed E-state index contributed by atoms with van der Waals surface area (Å²) < 4.78 is 5.58. The van der Waals surface area contributed by atoms with Gasteiger partial charge >= 0.3 is 0 Å². The van der Waals surface area contributed by atoms with E-state index in [9.17, 15) is 14.4 Å². The zero-order valence-corrected chi connectivity index (χ0v) is 22.0. The molecule has 4 N–H and O–H groups in total. The fraction of sp³-hybridized carbons (Fsp3) is 0.679. The normalized spacial score (nSPS) is 29.5. The highest BCUT2D eigenvalue weighted by Crippen LogP contribution is 2.32. The number of hydrogen-bond acceptors (Lipinski definition) is 7. The maximum atomic E-state index is 13.8. The van der Waals surface area contributed by atoms with E-state index in [2.05, 4.69) is 29.4 Å². The SMILES string of the molecule is CC(C)C1CNCCN1c1ccc(C(=O)N[C@H](C(=O)N2C[C@H](N)[C@H]3OCC(=O)[C@H]32)C2CCCCC2)cc1. The quantitative estimate of drug-likeness (QED) is 0.527. The highest BCUT2D eigenvalue weighted by Gasteiger charge is 2.52. The van der Waals surface area contributed by atoms with E-state index in [-0.39, 0.29) is 36.7 Å². The molecule has 1 unspecified atom stereocenters. The van der Waals surface area contributed by atoms with E-state index in [1.54, 1.807) is 4.90 Å². The van der Waals surface area contributed by atoms with Gasteiger partial charge in [0.25, 0.3) is 5.91 Å². The first kappa shape index (κ1) is 26.1. The van der Waals surface area contributed by atoms with Gasteiger partial charge in [0.05, 0.1) is 6.04 Å². The number of benzene rings is 1. The van der Waals surface area contributed by atoms with Gasteiger partial charge < -0.3 is 30.9 Å². The lowest BCUT2D eigenvalue weighted by molar-refractivity contribution is -0.139. The number of ether oxygens (including phenoxy) is 1. The summed E-state index contributed by atoms with van der Waals surface area (Å²) >= 11 is 0. The van der Waals surface area contributed by atoms with Crippen molar-refractivity contribution in [3.8, 4) is 0 Å². The van der Waals surface area contributed by atoms with Gasteiger partial charge in [-0.05, 0) is 48.9 Å². The molecule has 9 nitrogen and oxygen atoms in total. The Kier molecular flexibility index (Phi) is 7.83. The number of likely N-dealkylation sites (tertiary alicyclic amines) is 1. The fourth-order valence-corrected chi connectivity index (χ4v) is 6.62. The number of ketones is 1. The van der Waals surface area contributed by atoms with Crippen LogP contribution in [0.5, 0.6) is 0 Å². The van der Waals surface area contributed by atoms with E-state index in [4.69, 9.17) is 10.5 Å². The standard InChI is InChI=1S/C28H41N5O4/c1-17(2)22-14-30-12-13-32(22)20-10-8-19(9-11-20)27(35)31-24(18-6-4-3-5-7-18)28(36)33-15-21(29)26-25(33)23(34)16-37-26/h8-11,17-18,21-22,24-26,30H,3-7,12-16,29H2,1-2H3,(H,31,35)/t21-,22?,24-,25+,26+/m0/s1. The largest absolute Gasteiger partial charge is 0.366 e. The molecule has 1 aromatic carbocycles. The van der Waals surface area contributed by atoms with Gasteiger partial charge in [0, 0.05) is 43.5 Å². The Balaban J connectivity index is 1.32. The highest BCUT2D eigenvalue weighted by atomic mass is 16.5. The molecule has 9 heteroatoms. The number of nitrogens with zero attached hydrogens (tertiary/aromatic N) is 2. The smallest absolute Gasteiger partial charge is 0.251 e. The number of anilines is 1. The van der Waals surface area contributed by atoms with Crippen LogP contribution in [-0.4, -0.2) is 85.6 Å². The van der Waals surface area contributed by atoms with Crippen molar-refractivity contribution in [1.82, 2.24) is 15.5 Å². The van der Waals surface area contributed by atoms with E-state index in [0.29, 0.717) is 17.5 Å². The molecule has 0 radical (unpaired) electrons. The molecule has 1 aliphatic carbocycles. The third-order valence-electron chi connectivity index (χ3n) is 8.70. The van der Waals surface area contributed by atoms with Gasteiger partial charge in [-0.1, -0.05) is 33.1 Å². The van der Waals surface area contributed by atoms with Crippen LogP contribution in [0.25, 0.3) is 0 Å². The number of nitrogens with one attached hydrogen (secondary N) is 2. The van der Waals surface area contributed by atoms with Crippen LogP contribution in [0.1, 0.15) is 56.3 Å². The summed E-state index contributed by atoms with van der Waals surface area (Å²) in [4.78, 5) is 43.8. The molecule has 0 spiro atoms. The molecule has 2 amide bonds. The number of piperazine rings is 1. The van der Waals surface area contributed by atoms with Gasteiger partial charge in [0.15, 0.2) is 5.78 Å². The Labute approximate surface area is 219 Å². The number of carbonyl (C=O) groups excluding carboxylic acids is 3. The summed E-state index contributed by atoms with van der Waals surface area (Å²) in [5.41, 5.74) is 7.86. The lowest BCUT2D eigenvalue weighted by Gasteiger charge is -2.40. The van der Waals surface area contributed by atoms with Gasteiger partial charge in [-0.2, -0.15) is 0 Å². The van der Waals surface area contributed by atoms with Crippen LogP contribution in [-0.2, 0) is 14.3 Å². The molecule has 0 bridgehead atoms. The molecule has 4 fully saturated rings. The van der Waals surface area contributed by atoms with Crippen LogP contribution in [0.3, 0.4) is 0 Å². The summed E-state index contributed by atoms with van der Waals surface area (Å²) in [6.07, 6.45) is 4.53. The van der Waals surface area contributed by atoms with Crippen molar-refractivity contribution in [2.45, 2.75) is 76.2 Å². The Morgan fingerprint density at radius 1 is 1.14 bits per heavy atom. The van der Waals surface area contributed by atoms with Gasteiger partial charge in [-0.15, -0.1) is 0 Å². The minimum atomic E-state index is -0.676. The summed E-state index contributed by atoms with van der Waals surface area (Å²) in [6.45, 7) is 7.53. The second kappa shape index (κ2) is 11.1. The van der Waals surface area contributed by atoms with E-state index in [1.807, 2.05) is 24.3 Å². The van der Waals surface area contributed by atoms with E-state index in [1.165, 1.54) is 0 Å². The average Bonchev–Trinajstić information content (AvgIpc) is 3.47. The second-order valence-electron chi connectivity index (χ2n) is 11.4. The van der Waals surface area contributed by atoms with Crippen molar-refractivity contribution in [2.75, 3.05) is 37.7 Å². The van der Waals surface area contributed by atoms with Crippen LogP contribution in [0.4, 0.5) is 5.69 Å². The molecule has 4 aliphatic rings. The minimum absolute atomic E-state index is 0.00956. The van der Waals surface area contributed by atoms with Crippen LogP contribution in [0, 0.1) is 11.8 Å². The first-order chi connectivity index (χ1) is 17.8. The topological polar surface area (TPSA) is 117 Å². The number of nitrogens with two attached hydrogens (primary N) is 1. The molecule has 37 heavy (non-hydrogen) atoms. The Hall–Kier alpha value is -2.49. The van der Waals surface area contributed by atoms with Gasteiger partial charge in [0.2, 0.25) is 5.91 Å². The van der Waals surface area contributed by atoms with Crippen molar-refractivity contribution in [3.63, 3.8) is 0 Å². The van der Waals surface area contributed by atoms with E-state index < -0.39 is 24.2 Å². The molecular weight excluding hydrogens is 470 g/mol. The zero-order chi connectivity index (χ0) is 26.1. The maximum Gasteiger partial charge on any atom is 0.251 e. The molecule has 3 heterocycles. The van der Waals surface area contributed by atoms with E-state index in [0.717, 1.165) is 57.4 Å². The Morgan fingerprint density at radius 2 is 1.86 bits per heavy atom. The minimum Gasteiger partial charge on any atom is -0.366 e. The van der Waals surface area contributed by atoms with Crippen molar-refractivity contribution in [2.24, 2.45) is 17.6 Å². The van der Waals surface area contributed by atoms with Crippen molar-refractivity contribution < 1.29 is 19.1 Å². The third kappa shape index (κ3) is 5.26. The number of fused-ring (bicyclic) bond motifs is 1. The summed E-state index contributed by atoms with van der Waals surface area (Å²) in [5.74, 6) is -0.0222. The lowest BCUT2D eigenvalue weighted by Crippen LogP contribution is -2.55. The monoisotopic (exact) mass is 511 g/mol. The number of hydrogen-bond donors (Lipinski definition) is 3. The second-order valence-corrected chi connectivity index (χ2v) is 11.4. The van der Waals surface area contributed by atoms with Crippen LogP contribution < -0.4 is 21.3 Å². The number of Topliss-reactive ketones (excluding diaryl/α,β-unsaturated/α-hetero) is 1. The van der Waals surface area contributed by atoms with Gasteiger partial charge in [-0.3, -0.25) is 14.4 Å². The van der Waals surface area contributed by atoms with Gasteiger partial charge in [-0.25, -0.2) is 0 Å². The Morgan fingerprint density at radius 3 is 2.57 bits per heavy atom. The van der Waals surface area contributed by atoms with Gasteiger partial charge in [0.1, 0.15) is 24.8 Å². The highest BCUT2D eigenvalue weighted by molar-refractivity contribution is 5.99. The molecule has 5 atom stereocenters. The molecule has 202 valence electrons. The number of carbonyl (C=O) groups is 3. The van der Waals surface area contributed by atoms with Crippen LogP contribution in [0.15, 0.2) is 24.3 Å². The first-order valence-corrected chi connectivity index (χ1v) is 13.9. The first-order valence-electron chi connectivity index (χ1n) is 13.9. The zero-order valence-electron chi connectivity index (χ0n) is 22.0. The lowest BCUT2D eigenvalue weighted by atomic mass is 9.83. The molecule has 1 saturated carbocycles. The average molecular weight is 512 g/mol. The fourth-order valence-electron chi connectivity index (χ4n) is 6.62. The number of rotatable bonds is 6. The molecule has 1 aromatic rings. The molecule has 3 aliphatic heterocycles. The van der Waals surface area contributed by atoms with Crippen molar-refractivity contribution >= 4 is 23.3 Å². The molecular formula is C28H41N5O4. The summed E-state index contributed by atoms with van der Waals surface area (Å²) in [5, 5.41) is 6.54. The summed E-state index contributed by atoms with van der Waals surface area (Å²) in [6, 6.07) is 6.40. The van der Waals surface area contributed by atoms with Crippen molar-refractivity contribution in [3.05, 3.63) is 29.8 Å². The summed E-state index contributed by atoms with van der Waals surface area (Å²) in [7, 11) is 0.